The van der Waals surface area contributed by atoms with Crippen LogP contribution in [0.1, 0.15) is 60.8 Å². The van der Waals surface area contributed by atoms with Gasteiger partial charge >= 0.3 is 11.9 Å². The fourth-order valence-electron chi connectivity index (χ4n) is 7.78. The number of allylic oxidation sites excluding steroid dienone is 11. The molecule has 1 fully saturated rings. The lowest BCUT2D eigenvalue weighted by Crippen LogP contribution is -2.35. The van der Waals surface area contributed by atoms with Crippen LogP contribution < -0.4 is 5.32 Å². The van der Waals surface area contributed by atoms with Gasteiger partial charge in [0.15, 0.2) is 5.41 Å². The average molecular weight is 678 g/mol. The predicted octanol–water partition coefficient (Wildman–Crippen LogP) is 6.52. The maximum atomic E-state index is 13.7. The predicted molar refractivity (Wildman–Crippen MR) is 196 cm³/mol. The highest BCUT2D eigenvalue weighted by Gasteiger charge is 2.57. The van der Waals surface area contributed by atoms with Gasteiger partial charge in [0.05, 0.1) is 48.4 Å². The quantitative estimate of drug-likeness (QED) is 0.281. The molecule has 6 aliphatic rings. The molecule has 262 valence electrons. The van der Waals surface area contributed by atoms with E-state index in [9.17, 15) is 14.7 Å². The number of aliphatic imine (C=N–C) groups is 3. The summed E-state index contributed by atoms with van der Waals surface area (Å²) in [4.78, 5) is 43.7. The van der Waals surface area contributed by atoms with Gasteiger partial charge in [-0.15, -0.1) is 0 Å². The number of ether oxygens (including phenoxy) is 2. The summed E-state index contributed by atoms with van der Waals surface area (Å²) in [5, 5.41) is 15.6. The molecule has 3 unspecified atom stereocenters. The number of aliphatic hydroxyl groups excluding tert-OH is 1. The molecule has 0 aromatic heterocycles. The standard InChI is InChI=1S/C40H47N5O5/c1-11-24-20(2)28-18-32-25(13-12-16-45(7)8)21(3)27(42-32)17-29-22(4)26(14-15-33(46)49-9)36(43-29)35-37-34(38(47)40(35,6)39(48)50-10)23(5)30(44-37)19-31(24)41-28/h12-13,17-19,22,26,43,47H,11,14-16H2,1-10H3/b13-12+,29-17?,31-19?,32-18?,36-35?. The van der Waals surface area contributed by atoms with Crippen molar-refractivity contribution in [1.29, 1.82) is 0 Å². The van der Waals surface area contributed by atoms with Crippen molar-refractivity contribution in [3.63, 3.8) is 0 Å². The first-order chi connectivity index (χ1) is 23.8. The van der Waals surface area contributed by atoms with E-state index < -0.39 is 11.4 Å². The van der Waals surface area contributed by atoms with Crippen LogP contribution in [0.3, 0.4) is 0 Å². The molecular weight excluding hydrogens is 630 g/mol. The van der Waals surface area contributed by atoms with Crippen molar-refractivity contribution >= 4 is 29.1 Å². The van der Waals surface area contributed by atoms with Crippen LogP contribution in [0.2, 0.25) is 0 Å². The summed E-state index contributed by atoms with van der Waals surface area (Å²) in [5.41, 5.74) is 10.7. The Morgan fingerprint density at radius 2 is 1.70 bits per heavy atom. The Labute approximate surface area is 294 Å². The fraction of sp³-hybridized carbons (Fsp3) is 0.425. The van der Waals surface area contributed by atoms with Crippen molar-refractivity contribution in [1.82, 2.24) is 10.2 Å². The van der Waals surface area contributed by atoms with Crippen molar-refractivity contribution in [2.75, 3.05) is 34.9 Å². The summed E-state index contributed by atoms with van der Waals surface area (Å²) in [6.07, 6.45) is 11.8. The Kier molecular flexibility index (Phi) is 9.20. The Bertz CT molecular complexity index is 1990. The van der Waals surface area contributed by atoms with Crippen LogP contribution in [0.5, 0.6) is 0 Å². The van der Waals surface area contributed by atoms with E-state index in [-0.39, 0.29) is 30.0 Å². The Morgan fingerprint density at radius 1 is 1.00 bits per heavy atom. The number of hydrogen-bond acceptors (Lipinski definition) is 10. The largest absolute Gasteiger partial charge is 0.510 e. The highest BCUT2D eigenvalue weighted by atomic mass is 16.5. The van der Waals surface area contributed by atoms with Gasteiger partial charge in [-0.25, -0.2) is 15.0 Å². The van der Waals surface area contributed by atoms with Crippen molar-refractivity contribution in [2.45, 2.75) is 60.8 Å². The minimum Gasteiger partial charge on any atom is -0.510 e. The number of nitrogens with one attached hydrogen (secondary N) is 1. The van der Waals surface area contributed by atoms with Gasteiger partial charge in [0.1, 0.15) is 5.76 Å². The first kappa shape index (κ1) is 35.0. The third-order valence-electron chi connectivity index (χ3n) is 10.8. The van der Waals surface area contributed by atoms with Gasteiger partial charge in [0, 0.05) is 52.9 Å². The number of carbonyl (C=O) groups is 2. The second-order valence-electron chi connectivity index (χ2n) is 14.0. The zero-order valence-corrected chi connectivity index (χ0v) is 30.7. The number of hydrogen-bond donors (Lipinski definition) is 2. The van der Waals surface area contributed by atoms with Crippen LogP contribution in [0.15, 0.2) is 119 Å². The maximum Gasteiger partial charge on any atom is 0.323 e. The van der Waals surface area contributed by atoms with Gasteiger partial charge < -0.3 is 24.8 Å². The highest BCUT2D eigenvalue weighted by Crippen LogP contribution is 2.54. The maximum absolute atomic E-state index is 13.7. The number of nitrogens with zero attached hydrogens (tertiary/aromatic N) is 4. The lowest BCUT2D eigenvalue weighted by Gasteiger charge is -2.27. The van der Waals surface area contributed by atoms with Crippen LogP contribution in [-0.2, 0) is 19.1 Å². The number of likely N-dealkylation sites (N-methyl/N-ethyl adjacent to an activating group) is 1. The fourth-order valence-corrected chi connectivity index (χ4v) is 7.78. The third-order valence-corrected chi connectivity index (χ3v) is 10.8. The van der Waals surface area contributed by atoms with Crippen LogP contribution in [0.4, 0.5) is 0 Å². The number of aliphatic hydroxyl groups is 1. The molecule has 6 rings (SSSR count). The van der Waals surface area contributed by atoms with Crippen LogP contribution in [0, 0.1) is 17.3 Å². The van der Waals surface area contributed by atoms with Gasteiger partial charge in [-0.1, -0.05) is 26.0 Å². The minimum absolute atomic E-state index is 0.0995. The normalized spacial score (nSPS) is 25.8. The second kappa shape index (κ2) is 13.1. The lowest BCUT2D eigenvalue weighted by molar-refractivity contribution is -0.148. The van der Waals surface area contributed by atoms with E-state index in [2.05, 4.69) is 62.2 Å². The zero-order valence-electron chi connectivity index (χ0n) is 30.7. The lowest BCUT2D eigenvalue weighted by atomic mass is 9.78. The molecule has 0 aromatic carbocycles. The van der Waals surface area contributed by atoms with Crippen LogP contribution in [0.25, 0.3) is 0 Å². The third kappa shape index (κ3) is 5.50. The molecule has 5 heterocycles. The van der Waals surface area contributed by atoms with Crippen LogP contribution >= 0.6 is 0 Å². The van der Waals surface area contributed by atoms with Crippen molar-refractivity contribution in [3.05, 3.63) is 104 Å². The number of rotatable bonds is 8. The number of esters is 2. The average Bonchev–Trinajstić information content (AvgIpc) is 3.80. The topological polar surface area (TPSA) is 125 Å². The molecule has 0 saturated carbocycles. The van der Waals surface area contributed by atoms with E-state index in [1.54, 1.807) is 6.92 Å². The smallest absolute Gasteiger partial charge is 0.323 e. The summed E-state index contributed by atoms with van der Waals surface area (Å²) >= 11 is 0. The molecule has 10 nitrogen and oxygen atoms in total. The molecule has 8 bridgehead atoms. The number of carbonyl (C=O) groups excluding carboxylic acids is 2. The molecule has 3 atom stereocenters. The summed E-state index contributed by atoms with van der Waals surface area (Å²) < 4.78 is 10.4. The van der Waals surface area contributed by atoms with E-state index in [4.69, 9.17) is 24.5 Å². The van der Waals surface area contributed by atoms with Crippen LogP contribution in [-0.4, -0.2) is 73.9 Å². The Morgan fingerprint density at radius 3 is 2.36 bits per heavy atom. The first-order valence-electron chi connectivity index (χ1n) is 17.2. The van der Waals surface area contributed by atoms with Crippen molar-refractivity contribution in [2.24, 2.45) is 32.2 Å². The first-order valence-corrected chi connectivity index (χ1v) is 17.2. The van der Waals surface area contributed by atoms with Gasteiger partial charge in [0.2, 0.25) is 0 Å². The van der Waals surface area contributed by atoms with Gasteiger partial charge in [-0.05, 0) is 95.2 Å². The monoisotopic (exact) mass is 677 g/mol. The van der Waals surface area contributed by atoms with Crippen molar-refractivity contribution in [3.8, 4) is 0 Å². The molecular formula is C40H47N5O5. The number of methoxy groups -OCH3 is 2. The highest BCUT2D eigenvalue weighted by molar-refractivity contribution is 6.25. The summed E-state index contributed by atoms with van der Waals surface area (Å²) in [7, 11) is 6.78. The minimum atomic E-state index is -1.53. The molecule has 5 aliphatic heterocycles. The van der Waals surface area contributed by atoms with E-state index in [1.807, 2.05) is 27.1 Å². The molecule has 2 N–H and O–H groups in total. The van der Waals surface area contributed by atoms with Gasteiger partial charge in [-0.2, -0.15) is 0 Å². The van der Waals surface area contributed by atoms with E-state index in [1.165, 1.54) is 14.2 Å². The Balaban J connectivity index is 1.66. The Hall–Kier alpha value is -4.83. The SMILES string of the molecule is CCC1=C(C)C2=NC1=CC1=C(C)C3=C(O)C(C)(C(=O)OC)C(=C4NC(=CC5=NC(=C2)C(/C=C/CN(C)C)=C5C)C(C)C4CCC(=O)OC)C3=N1. The summed E-state index contributed by atoms with van der Waals surface area (Å²) in [5.74, 6) is -1.35. The molecule has 10 heteroatoms. The number of fused-ring (bicyclic) bond motifs is 5. The molecule has 1 aliphatic carbocycles. The van der Waals surface area contributed by atoms with E-state index in [0.29, 0.717) is 29.0 Å². The molecule has 50 heavy (non-hydrogen) atoms. The summed E-state index contributed by atoms with van der Waals surface area (Å²) in [6, 6.07) is 0. The van der Waals surface area contributed by atoms with Gasteiger partial charge in [-0.3, -0.25) is 9.59 Å². The molecule has 0 radical (unpaired) electrons. The van der Waals surface area contributed by atoms with Gasteiger partial charge in [0.25, 0.3) is 0 Å². The molecule has 0 spiro atoms. The van der Waals surface area contributed by atoms with E-state index in [0.717, 1.165) is 75.0 Å². The molecule has 1 saturated heterocycles. The van der Waals surface area contributed by atoms with E-state index >= 15 is 0 Å². The molecule has 0 amide bonds. The van der Waals surface area contributed by atoms with Crippen molar-refractivity contribution < 1.29 is 24.2 Å². The second-order valence-corrected chi connectivity index (χ2v) is 14.0. The zero-order chi connectivity index (χ0) is 36.2. The summed E-state index contributed by atoms with van der Waals surface area (Å²) in [6.45, 7) is 12.8. The molecule has 0 aromatic rings.